The lowest BCUT2D eigenvalue weighted by Crippen LogP contribution is -2.48. The van der Waals surface area contributed by atoms with E-state index < -0.39 is 0 Å². The third kappa shape index (κ3) is 5.41. The number of hydrogen-bond donors (Lipinski definition) is 2. The summed E-state index contributed by atoms with van der Waals surface area (Å²) in [6.45, 7) is 4.69. The van der Waals surface area contributed by atoms with Crippen LogP contribution in [-0.4, -0.2) is 48.0 Å². The van der Waals surface area contributed by atoms with Crippen LogP contribution in [0.1, 0.15) is 23.7 Å². The summed E-state index contributed by atoms with van der Waals surface area (Å²) in [7, 11) is 0. The van der Waals surface area contributed by atoms with Gasteiger partial charge in [-0.3, -0.25) is 14.9 Å². The maximum atomic E-state index is 12.3. The van der Waals surface area contributed by atoms with Gasteiger partial charge in [0.05, 0.1) is 21.3 Å². The SMILES string of the molecule is CCC(=O)N1CCN(c2ccc(NC(=S)NC(=O)c3ccccc3Cl)cc2Cl)CC1. The summed E-state index contributed by atoms with van der Waals surface area (Å²) in [5.41, 5.74) is 1.90. The minimum absolute atomic E-state index is 0.149. The molecule has 9 heteroatoms. The van der Waals surface area contributed by atoms with Crippen molar-refractivity contribution in [3.8, 4) is 0 Å². The highest BCUT2D eigenvalue weighted by atomic mass is 35.5. The molecular weight excluding hydrogens is 443 g/mol. The molecule has 2 aromatic rings. The molecule has 1 aliphatic rings. The van der Waals surface area contributed by atoms with Crippen molar-refractivity contribution in [2.45, 2.75) is 13.3 Å². The van der Waals surface area contributed by atoms with E-state index in [2.05, 4.69) is 15.5 Å². The third-order valence-electron chi connectivity index (χ3n) is 4.83. The zero-order chi connectivity index (χ0) is 21.7. The van der Waals surface area contributed by atoms with Crippen LogP contribution in [0.4, 0.5) is 11.4 Å². The molecule has 0 saturated carbocycles. The van der Waals surface area contributed by atoms with Crippen molar-refractivity contribution in [3.63, 3.8) is 0 Å². The number of thiocarbonyl (C=S) groups is 1. The molecule has 6 nitrogen and oxygen atoms in total. The van der Waals surface area contributed by atoms with Crippen LogP contribution in [0.25, 0.3) is 0 Å². The number of benzene rings is 2. The molecule has 30 heavy (non-hydrogen) atoms. The van der Waals surface area contributed by atoms with Gasteiger partial charge in [-0.25, -0.2) is 0 Å². The Balaban J connectivity index is 1.59. The Labute approximate surface area is 191 Å². The van der Waals surface area contributed by atoms with Crippen LogP contribution < -0.4 is 15.5 Å². The van der Waals surface area contributed by atoms with Gasteiger partial charge in [-0.15, -0.1) is 0 Å². The summed E-state index contributed by atoms with van der Waals surface area (Å²) in [4.78, 5) is 28.2. The van der Waals surface area contributed by atoms with E-state index >= 15 is 0 Å². The second kappa shape index (κ2) is 10.1. The summed E-state index contributed by atoms with van der Waals surface area (Å²) in [6.07, 6.45) is 0.522. The van der Waals surface area contributed by atoms with Gasteiger partial charge in [-0.1, -0.05) is 42.3 Å². The molecule has 1 saturated heterocycles. The number of piperazine rings is 1. The quantitative estimate of drug-likeness (QED) is 0.664. The topological polar surface area (TPSA) is 64.7 Å². The predicted octanol–water partition coefficient (Wildman–Crippen LogP) is 4.18. The fourth-order valence-corrected chi connectivity index (χ4v) is 3.97. The Hall–Kier alpha value is -2.35. The lowest BCUT2D eigenvalue weighted by Gasteiger charge is -2.36. The van der Waals surface area contributed by atoms with Crippen molar-refractivity contribution in [2.75, 3.05) is 36.4 Å². The normalized spacial score (nSPS) is 13.7. The lowest BCUT2D eigenvalue weighted by atomic mass is 10.2. The Kier molecular flexibility index (Phi) is 7.53. The van der Waals surface area contributed by atoms with E-state index in [1.165, 1.54) is 0 Å². The van der Waals surface area contributed by atoms with Crippen LogP contribution in [0, 0.1) is 0 Å². The monoisotopic (exact) mass is 464 g/mol. The van der Waals surface area contributed by atoms with Crippen LogP contribution in [0.3, 0.4) is 0 Å². The number of amides is 2. The van der Waals surface area contributed by atoms with Gasteiger partial charge < -0.3 is 15.1 Å². The number of rotatable bonds is 4. The maximum absolute atomic E-state index is 12.3. The minimum Gasteiger partial charge on any atom is -0.367 e. The van der Waals surface area contributed by atoms with Crippen molar-refractivity contribution in [2.24, 2.45) is 0 Å². The van der Waals surface area contributed by atoms with Gasteiger partial charge in [0.15, 0.2) is 5.11 Å². The zero-order valence-corrected chi connectivity index (χ0v) is 18.8. The molecular formula is C21H22Cl2N4O2S. The highest BCUT2D eigenvalue weighted by Gasteiger charge is 2.21. The molecule has 3 rings (SSSR count). The van der Waals surface area contributed by atoms with Crippen molar-refractivity contribution < 1.29 is 9.59 Å². The second-order valence-corrected chi connectivity index (χ2v) is 8.00. The second-order valence-electron chi connectivity index (χ2n) is 6.78. The summed E-state index contributed by atoms with van der Waals surface area (Å²) in [5, 5.41) is 6.64. The molecule has 158 valence electrons. The molecule has 1 aliphatic heterocycles. The molecule has 0 unspecified atom stereocenters. The first-order valence-corrected chi connectivity index (χ1v) is 10.7. The minimum atomic E-state index is -0.389. The van der Waals surface area contributed by atoms with Crippen LogP contribution >= 0.6 is 35.4 Å². The maximum Gasteiger partial charge on any atom is 0.258 e. The van der Waals surface area contributed by atoms with Gasteiger partial charge in [0.1, 0.15) is 0 Å². The van der Waals surface area contributed by atoms with Crippen LogP contribution in [0.15, 0.2) is 42.5 Å². The molecule has 0 radical (unpaired) electrons. The van der Waals surface area contributed by atoms with Gasteiger partial charge in [0.25, 0.3) is 5.91 Å². The van der Waals surface area contributed by atoms with Gasteiger partial charge in [-0.2, -0.15) is 0 Å². The van der Waals surface area contributed by atoms with Gasteiger partial charge in [0.2, 0.25) is 5.91 Å². The predicted molar refractivity (Wildman–Crippen MR) is 126 cm³/mol. The van der Waals surface area contributed by atoms with Crippen molar-refractivity contribution in [1.29, 1.82) is 0 Å². The third-order valence-corrected chi connectivity index (χ3v) is 5.66. The van der Waals surface area contributed by atoms with Gasteiger partial charge in [0, 0.05) is 38.3 Å². The highest BCUT2D eigenvalue weighted by Crippen LogP contribution is 2.29. The molecule has 0 aliphatic carbocycles. The van der Waals surface area contributed by atoms with Crippen molar-refractivity contribution in [3.05, 3.63) is 58.1 Å². The van der Waals surface area contributed by atoms with Crippen LogP contribution in [-0.2, 0) is 4.79 Å². The van der Waals surface area contributed by atoms with E-state index in [0.717, 1.165) is 18.8 Å². The van der Waals surface area contributed by atoms with Crippen LogP contribution in [0.5, 0.6) is 0 Å². The number of anilines is 2. The fraction of sp³-hybridized carbons (Fsp3) is 0.286. The lowest BCUT2D eigenvalue weighted by molar-refractivity contribution is -0.131. The number of carbonyl (C=O) groups excluding carboxylic acids is 2. The zero-order valence-electron chi connectivity index (χ0n) is 16.5. The molecule has 0 aromatic heterocycles. The number of hydrogen-bond acceptors (Lipinski definition) is 4. The average Bonchev–Trinajstić information content (AvgIpc) is 2.73. The standard InChI is InChI=1S/C21H22Cl2N4O2S/c1-2-19(28)27-11-9-26(10-12-27)18-8-7-14(13-17(18)23)24-21(30)25-20(29)15-5-3-4-6-16(15)22/h3-8,13H,2,9-12H2,1H3,(H2,24,25,29,30). The number of nitrogens with zero attached hydrogens (tertiary/aromatic N) is 2. The number of halogens is 2. The first-order valence-electron chi connectivity index (χ1n) is 9.58. The Morgan fingerprint density at radius 3 is 2.37 bits per heavy atom. The first-order chi connectivity index (χ1) is 14.4. The smallest absolute Gasteiger partial charge is 0.258 e. The molecule has 1 fully saturated rings. The molecule has 0 atom stereocenters. The summed E-state index contributed by atoms with van der Waals surface area (Å²) >= 11 is 17.8. The van der Waals surface area contributed by atoms with E-state index in [9.17, 15) is 9.59 Å². The largest absolute Gasteiger partial charge is 0.367 e. The molecule has 2 aromatic carbocycles. The average molecular weight is 465 g/mol. The number of carbonyl (C=O) groups is 2. The highest BCUT2D eigenvalue weighted by molar-refractivity contribution is 7.80. The van der Waals surface area contributed by atoms with E-state index in [1.807, 2.05) is 24.0 Å². The van der Waals surface area contributed by atoms with E-state index in [-0.39, 0.29) is 16.9 Å². The number of nitrogens with one attached hydrogen (secondary N) is 2. The molecule has 0 bridgehead atoms. The van der Waals surface area contributed by atoms with Crippen molar-refractivity contribution in [1.82, 2.24) is 10.2 Å². The summed E-state index contributed by atoms with van der Waals surface area (Å²) in [5.74, 6) is -0.215. The fourth-order valence-electron chi connectivity index (χ4n) is 3.24. The molecule has 0 spiro atoms. The van der Waals surface area contributed by atoms with Crippen LogP contribution in [0.2, 0.25) is 10.0 Å². The summed E-state index contributed by atoms with van der Waals surface area (Å²) < 4.78 is 0. The van der Waals surface area contributed by atoms with E-state index in [0.29, 0.717) is 40.8 Å². The Bertz CT molecular complexity index is 962. The first kappa shape index (κ1) is 22.3. The van der Waals surface area contributed by atoms with Crippen molar-refractivity contribution >= 4 is 63.7 Å². The molecule has 2 N–H and O–H groups in total. The summed E-state index contributed by atoms with van der Waals surface area (Å²) in [6, 6.07) is 12.3. The Morgan fingerprint density at radius 2 is 1.73 bits per heavy atom. The van der Waals surface area contributed by atoms with E-state index in [1.54, 1.807) is 30.3 Å². The molecule has 1 heterocycles. The Morgan fingerprint density at radius 1 is 1.03 bits per heavy atom. The van der Waals surface area contributed by atoms with Gasteiger partial charge in [-0.05, 0) is 42.5 Å². The van der Waals surface area contributed by atoms with E-state index in [4.69, 9.17) is 35.4 Å². The molecule has 2 amide bonds. The van der Waals surface area contributed by atoms with Gasteiger partial charge >= 0.3 is 0 Å².